The number of aryl methyl sites for hydroxylation is 1. The quantitative estimate of drug-likeness (QED) is 0.140. The molecule has 1 atom stereocenters. The molecule has 0 aliphatic carbocycles. The van der Waals surface area contributed by atoms with Crippen LogP contribution in [0.3, 0.4) is 0 Å². The first kappa shape index (κ1) is 32.3. The maximum atomic E-state index is 15.2. The van der Waals surface area contributed by atoms with Gasteiger partial charge < -0.3 is 15.4 Å². The number of pyridine rings is 2. The van der Waals surface area contributed by atoms with Gasteiger partial charge in [0, 0.05) is 36.1 Å². The number of nitrogens with zero attached hydrogens (tertiary/aromatic N) is 5. The average Bonchev–Trinajstić information content (AvgIpc) is 2.98. The first-order chi connectivity index (χ1) is 20.9. The number of benzene rings is 1. The van der Waals surface area contributed by atoms with Gasteiger partial charge in [0.2, 0.25) is 0 Å². The van der Waals surface area contributed by atoms with Crippen LogP contribution in [0.2, 0.25) is 5.02 Å². The van der Waals surface area contributed by atoms with Crippen LogP contribution in [0.25, 0.3) is 22.3 Å². The number of anilines is 1. The fourth-order valence-corrected chi connectivity index (χ4v) is 4.41. The van der Waals surface area contributed by atoms with E-state index in [1.54, 1.807) is 19.2 Å². The van der Waals surface area contributed by atoms with Crippen molar-refractivity contribution < 1.29 is 31.5 Å². The minimum absolute atomic E-state index is 0.00142. The van der Waals surface area contributed by atoms with Gasteiger partial charge in [0.15, 0.2) is 5.82 Å². The van der Waals surface area contributed by atoms with Crippen LogP contribution in [0.4, 0.5) is 27.6 Å². The molecule has 0 spiro atoms. The summed E-state index contributed by atoms with van der Waals surface area (Å²) in [5.74, 6) is -3.20. The van der Waals surface area contributed by atoms with Crippen LogP contribution in [-0.2, 0) is 4.79 Å². The maximum Gasteiger partial charge on any atom is 0.471 e. The van der Waals surface area contributed by atoms with E-state index in [1.807, 2.05) is 6.07 Å². The average molecular weight is 634 g/mol. The number of unbranched alkanes of at least 4 members (excludes halogenated alkanes) is 2. The number of alkyl halides is 3. The summed E-state index contributed by atoms with van der Waals surface area (Å²) in [7, 11) is 0. The zero-order chi connectivity index (χ0) is 32.0. The summed E-state index contributed by atoms with van der Waals surface area (Å²) < 4.78 is 71.8. The van der Waals surface area contributed by atoms with Crippen molar-refractivity contribution in [2.24, 2.45) is 0 Å². The number of amides is 1. The van der Waals surface area contributed by atoms with E-state index < -0.39 is 29.8 Å². The molecule has 4 rings (SSSR count). The Bertz CT molecular complexity index is 1710. The van der Waals surface area contributed by atoms with Crippen LogP contribution in [0.1, 0.15) is 49.0 Å². The minimum Gasteiger partial charge on any atom is -0.463 e. The molecule has 3 aromatic heterocycles. The van der Waals surface area contributed by atoms with Crippen LogP contribution in [-0.4, -0.2) is 45.2 Å². The lowest BCUT2D eigenvalue weighted by molar-refractivity contribution is -0.173. The highest BCUT2D eigenvalue weighted by Crippen LogP contribution is 2.36. The van der Waals surface area contributed by atoms with Crippen molar-refractivity contribution in [2.75, 3.05) is 18.5 Å². The number of halogens is 6. The fraction of sp³-hybridized carbons (Fsp3) is 0.310. The molecule has 0 saturated heterocycles. The molecule has 0 saturated carbocycles. The van der Waals surface area contributed by atoms with E-state index in [0.717, 1.165) is 0 Å². The lowest BCUT2D eigenvalue weighted by Crippen LogP contribution is -2.37. The van der Waals surface area contributed by atoms with Crippen molar-refractivity contribution >= 4 is 34.2 Å². The minimum atomic E-state index is -4.91. The molecule has 3 heterocycles. The second-order valence-electron chi connectivity index (χ2n) is 9.70. The summed E-state index contributed by atoms with van der Waals surface area (Å²) in [6.45, 7) is 3.37. The molecule has 0 bridgehead atoms. The van der Waals surface area contributed by atoms with Gasteiger partial charge in [0.05, 0.1) is 46.2 Å². The Morgan fingerprint density at radius 3 is 2.50 bits per heavy atom. The Balaban J connectivity index is 1.47. The third kappa shape index (κ3) is 7.65. The van der Waals surface area contributed by atoms with Gasteiger partial charge in [0.1, 0.15) is 17.0 Å². The Labute approximate surface area is 253 Å². The molecular weight excluding hydrogens is 609 g/mol. The molecule has 0 aliphatic heterocycles. The standard InChI is InChI=1S/C29H25ClF5N7O2/c1-15(19-10-17(12-36)6-7-20(19)31)41-26-23(30)16(2)40-22-11-21(32)24(42-25(22)26)18-13-38-28(39-14-18)44-9-5-3-4-8-37-27(43)29(33,34)35/h6-7,10-11,13-15H,3-5,8-9H2,1-2H3,(H,37,43)(H,40,41). The molecule has 44 heavy (non-hydrogen) atoms. The van der Waals surface area contributed by atoms with E-state index in [-0.39, 0.29) is 57.6 Å². The number of aromatic nitrogens is 4. The number of hydrogen-bond acceptors (Lipinski definition) is 8. The van der Waals surface area contributed by atoms with Crippen molar-refractivity contribution in [1.82, 2.24) is 25.3 Å². The lowest BCUT2D eigenvalue weighted by atomic mass is 10.0. The van der Waals surface area contributed by atoms with Gasteiger partial charge in [-0.1, -0.05) is 11.6 Å². The molecule has 0 aliphatic rings. The first-order valence-corrected chi connectivity index (χ1v) is 13.7. The summed E-state index contributed by atoms with van der Waals surface area (Å²) in [4.78, 5) is 27.7. The normalized spacial score (nSPS) is 12.1. The molecule has 1 unspecified atom stereocenters. The van der Waals surface area contributed by atoms with Crippen LogP contribution in [0.15, 0.2) is 36.7 Å². The zero-order valence-corrected chi connectivity index (χ0v) is 24.2. The summed E-state index contributed by atoms with van der Waals surface area (Å²) in [6.07, 6.45) is -0.995. The Morgan fingerprint density at radius 2 is 1.82 bits per heavy atom. The van der Waals surface area contributed by atoms with Gasteiger partial charge in [-0.25, -0.2) is 28.7 Å². The number of ether oxygens (including phenoxy) is 1. The summed E-state index contributed by atoms with van der Waals surface area (Å²) in [5.41, 5.74) is 1.73. The third-order valence-corrected chi connectivity index (χ3v) is 6.93. The summed E-state index contributed by atoms with van der Waals surface area (Å²) in [5, 5.41) is 14.4. The summed E-state index contributed by atoms with van der Waals surface area (Å²) >= 11 is 6.57. The number of carbonyl (C=O) groups is 1. The Kier molecular flexibility index (Phi) is 10.1. The second kappa shape index (κ2) is 13.8. The highest BCUT2D eigenvalue weighted by molar-refractivity contribution is 6.35. The van der Waals surface area contributed by atoms with Gasteiger partial charge in [0.25, 0.3) is 0 Å². The fourth-order valence-electron chi connectivity index (χ4n) is 4.22. The van der Waals surface area contributed by atoms with Crippen LogP contribution in [0, 0.1) is 29.9 Å². The first-order valence-electron chi connectivity index (χ1n) is 13.3. The number of nitrogens with one attached hydrogen (secondary N) is 2. The summed E-state index contributed by atoms with van der Waals surface area (Å²) in [6, 6.07) is 6.51. The van der Waals surface area contributed by atoms with Gasteiger partial charge in [-0.15, -0.1) is 0 Å². The molecule has 1 amide bonds. The second-order valence-corrected chi connectivity index (χ2v) is 10.1. The van der Waals surface area contributed by atoms with E-state index in [1.165, 1.54) is 36.7 Å². The third-order valence-electron chi connectivity index (χ3n) is 6.47. The number of rotatable bonds is 11. The molecular formula is C29H25ClF5N7O2. The smallest absolute Gasteiger partial charge is 0.463 e. The molecule has 4 aromatic rings. The predicted molar refractivity (Wildman–Crippen MR) is 152 cm³/mol. The molecule has 0 fully saturated rings. The van der Waals surface area contributed by atoms with Gasteiger partial charge >= 0.3 is 18.1 Å². The van der Waals surface area contributed by atoms with E-state index in [4.69, 9.17) is 16.3 Å². The molecule has 2 N–H and O–H groups in total. The monoisotopic (exact) mass is 633 g/mol. The van der Waals surface area contributed by atoms with Crippen molar-refractivity contribution in [3.05, 3.63) is 70.1 Å². The topological polar surface area (TPSA) is 126 Å². The number of carbonyl (C=O) groups excluding carboxylic acids is 1. The molecule has 9 nitrogen and oxygen atoms in total. The largest absolute Gasteiger partial charge is 0.471 e. The van der Waals surface area contributed by atoms with Crippen LogP contribution in [0.5, 0.6) is 6.01 Å². The highest BCUT2D eigenvalue weighted by Gasteiger charge is 2.38. The van der Waals surface area contributed by atoms with E-state index >= 15 is 4.39 Å². The maximum absolute atomic E-state index is 15.2. The Hall–Kier alpha value is -4.64. The number of fused-ring (bicyclic) bond motifs is 1. The van der Waals surface area contributed by atoms with Crippen molar-refractivity contribution in [3.63, 3.8) is 0 Å². The van der Waals surface area contributed by atoms with Crippen molar-refractivity contribution in [3.8, 4) is 23.3 Å². The lowest BCUT2D eigenvalue weighted by Gasteiger charge is -2.20. The van der Waals surface area contributed by atoms with Crippen LogP contribution < -0.4 is 15.4 Å². The zero-order valence-electron chi connectivity index (χ0n) is 23.4. The molecule has 0 radical (unpaired) electrons. The van der Waals surface area contributed by atoms with E-state index in [0.29, 0.717) is 30.6 Å². The van der Waals surface area contributed by atoms with Crippen molar-refractivity contribution in [1.29, 1.82) is 5.26 Å². The number of hydrogen-bond donors (Lipinski definition) is 2. The van der Waals surface area contributed by atoms with E-state index in [9.17, 15) is 27.6 Å². The SMILES string of the molecule is Cc1nc2cc(F)c(-c3cnc(OCCCCCNC(=O)C(F)(F)F)nc3)nc2c(NC(C)c2cc(C#N)ccc2F)c1Cl. The molecule has 230 valence electrons. The highest BCUT2D eigenvalue weighted by atomic mass is 35.5. The predicted octanol–water partition coefficient (Wildman–Crippen LogP) is 6.60. The van der Waals surface area contributed by atoms with E-state index in [2.05, 4.69) is 25.3 Å². The molecule has 1 aromatic carbocycles. The van der Waals surface area contributed by atoms with Gasteiger partial charge in [-0.3, -0.25) is 4.79 Å². The molecule has 15 heteroatoms. The number of nitriles is 1. The van der Waals surface area contributed by atoms with Gasteiger partial charge in [-0.05, 0) is 51.3 Å². The van der Waals surface area contributed by atoms with Gasteiger partial charge in [-0.2, -0.15) is 18.4 Å². The van der Waals surface area contributed by atoms with Crippen LogP contribution >= 0.6 is 11.6 Å². The Morgan fingerprint density at radius 1 is 1.09 bits per heavy atom. The van der Waals surface area contributed by atoms with Crippen molar-refractivity contribution in [2.45, 2.75) is 45.3 Å².